The van der Waals surface area contributed by atoms with Crippen LogP contribution in [-0.4, -0.2) is 9.78 Å². The second-order valence-electron chi connectivity index (χ2n) is 4.31. The van der Waals surface area contributed by atoms with Crippen LogP contribution in [0.3, 0.4) is 0 Å². The van der Waals surface area contributed by atoms with E-state index in [2.05, 4.69) is 10.4 Å². The fourth-order valence-corrected chi connectivity index (χ4v) is 1.84. The molecule has 21 heavy (non-hydrogen) atoms. The summed E-state index contributed by atoms with van der Waals surface area (Å²) in [7, 11) is 0. The second kappa shape index (κ2) is 5.71. The quantitative estimate of drug-likeness (QED) is 0.871. The zero-order chi connectivity index (χ0) is 15.6. The normalized spacial score (nSPS) is 11.7. The van der Waals surface area contributed by atoms with Gasteiger partial charge in [-0.2, -0.15) is 18.3 Å². The van der Waals surface area contributed by atoms with Crippen molar-refractivity contribution in [3.8, 4) is 0 Å². The molecule has 1 aromatic carbocycles. The molecule has 2 rings (SSSR count). The number of aromatic nitrogens is 2. The Balaban J connectivity index is 2.15. The third-order valence-electron chi connectivity index (χ3n) is 2.81. The first-order valence-electron chi connectivity index (χ1n) is 6.14. The molecule has 0 fully saturated rings. The van der Waals surface area contributed by atoms with E-state index >= 15 is 0 Å². The first kappa shape index (κ1) is 15.3. The minimum atomic E-state index is -4.50. The van der Waals surface area contributed by atoms with Crippen LogP contribution in [0.2, 0.25) is 0 Å². The number of hydrogen-bond donors (Lipinski definition) is 1. The van der Waals surface area contributed by atoms with Crippen molar-refractivity contribution in [1.82, 2.24) is 9.78 Å². The lowest BCUT2D eigenvalue weighted by Crippen LogP contribution is -2.13. The lowest BCUT2D eigenvalue weighted by atomic mass is 10.3. The van der Waals surface area contributed by atoms with E-state index in [1.807, 2.05) is 0 Å². The van der Waals surface area contributed by atoms with Gasteiger partial charge in [0.05, 0.1) is 17.9 Å². The molecule has 0 aliphatic rings. The van der Waals surface area contributed by atoms with Crippen molar-refractivity contribution in [3.63, 3.8) is 0 Å². The summed E-state index contributed by atoms with van der Waals surface area (Å²) < 4.78 is 65.2. The highest BCUT2D eigenvalue weighted by molar-refractivity contribution is 5.44. The maximum atomic E-state index is 13.4. The molecular weight excluding hydrogens is 293 g/mol. The fraction of sp³-hybridized carbons (Fsp3) is 0.308. The van der Waals surface area contributed by atoms with Crippen molar-refractivity contribution >= 4 is 5.69 Å². The van der Waals surface area contributed by atoms with Gasteiger partial charge in [0.1, 0.15) is 17.3 Å². The largest absolute Gasteiger partial charge is 0.433 e. The van der Waals surface area contributed by atoms with Gasteiger partial charge in [0.15, 0.2) is 0 Å². The number of nitrogens with zero attached hydrogens (tertiary/aromatic N) is 2. The van der Waals surface area contributed by atoms with Gasteiger partial charge in [-0.05, 0) is 25.1 Å². The highest BCUT2D eigenvalue weighted by Crippen LogP contribution is 2.30. The number of halogens is 5. The molecule has 0 saturated heterocycles. The van der Waals surface area contributed by atoms with Gasteiger partial charge in [-0.1, -0.05) is 0 Å². The van der Waals surface area contributed by atoms with Crippen LogP contribution in [0.1, 0.15) is 18.3 Å². The van der Waals surface area contributed by atoms with E-state index in [1.54, 1.807) is 6.92 Å². The zero-order valence-corrected chi connectivity index (χ0v) is 11.0. The van der Waals surface area contributed by atoms with Gasteiger partial charge in [0, 0.05) is 12.6 Å². The van der Waals surface area contributed by atoms with Crippen LogP contribution in [0, 0.1) is 11.6 Å². The van der Waals surface area contributed by atoms with Gasteiger partial charge in [0.25, 0.3) is 0 Å². The molecule has 8 heteroatoms. The summed E-state index contributed by atoms with van der Waals surface area (Å²) in [6.07, 6.45) is -4.50. The Morgan fingerprint density at radius 1 is 1.19 bits per heavy atom. The van der Waals surface area contributed by atoms with E-state index < -0.39 is 23.5 Å². The Bertz CT molecular complexity index is 633. The van der Waals surface area contributed by atoms with Crippen molar-refractivity contribution in [2.75, 3.05) is 5.32 Å². The molecule has 3 nitrogen and oxygen atoms in total. The Kier molecular flexibility index (Phi) is 4.15. The van der Waals surface area contributed by atoms with E-state index in [0.717, 1.165) is 16.8 Å². The molecule has 0 aliphatic heterocycles. The first-order valence-corrected chi connectivity index (χ1v) is 6.14. The van der Waals surface area contributed by atoms with Crippen molar-refractivity contribution in [1.29, 1.82) is 0 Å². The van der Waals surface area contributed by atoms with Crippen molar-refractivity contribution in [2.45, 2.75) is 26.2 Å². The first-order chi connectivity index (χ1) is 9.81. The van der Waals surface area contributed by atoms with E-state index in [9.17, 15) is 22.0 Å². The molecule has 114 valence electrons. The van der Waals surface area contributed by atoms with Gasteiger partial charge >= 0.3 is 6.18 Å². The van der Waals surface area contributed by atoms with Crippen LogP contribution in [-0.2, 0) is 19.3 Å². The van der Waals surface area contributed by atoms with Crippen LogP contribution >= 0.6 is 0 Å². The summed E-state index contributed by atoms with van der Waals surface area (Å²) in [5, 5.41) is 6.38. The molecule has 1 heterocycles. The summed E-state index contributed by atoms with van der Waals surface area (Å²) in [6.45, 7) is 1.51. The van der Waals surface area contributed by atoms with Gasteiger partial charge in [0.2, 0.25) is 0 Å². The summed E-state index contributed by atoms with van der Waals surface area (Å²) in [4.78, 5) is 0. The molecule has 0 radical (unpaired) electrons. The standard InChI is InChI=1S/C13H12F5N3/c1-2-21-12(13(16,17)18)6-9(20-21)7-19-11-4-3-8(14)5-10(11)15/h3-6,19H,2,7H2,1H3. The number of anilines is 1. The van der Waals surface area contributed by atoms with Crippen LogP contribution in [0.15, 0.2) is 24.3 Å². The molecule has 0 saturated carbocycles. The molecule has 1 N–H and O–H groups in total. The summed E-state index contributed by atoms with van der Waals surface area (Å²) in [5.41, 5.74) is -0.745. The molecular formula is C13H12F5N3. The third kappa shape index (κ3) is 3.50. The number of rotatable bonds is 4. The van der Waals surface area contributed by atoms with Gasteiger partial charge < -0.3 is 5.32 Å². The topological polar surface area (TPSA) is 29.9 Å². The fourth-order valence-electron chi connectivity index (χ4n) is 1.84. The van der Waals surface area contributed by atoms with Crippen LogP contribution in [0.5, 0.6) is 0 Å². The Morgan fingerprint density at radius 3 is 2.43 bits per heavy atom. The highest BCUT2D eigenvalue weighted by Gasteiger charge is 2.35. The minimum Gasteiger partial charge on any atom is -0.377 e. The van der Waals surface area contributed by atoms with E-state index in [0.29, 0.717) is 6.07 Å². The smallest absolute Gasteiger partial charge is 0.377 e. The van der Waals surface area contributed by atoms with Gasteiger partial charge in [-0.3, -0.25) is 4.68 Å². The number of aryl methyl sites for hydroxylation is 1. The molecule has 0 bridgehead atoms. The van der Waals surface area contributed by atoms with E-state index in [-0.39, 0.29) is 24.5 Å². The Morgan fingerprint density at radius 2 is 1.90 bits per heavy atom. The average molecular weight is 305 g/mol. The number of nitrogens with one attached hydrogen (secondary N) is 1. The number of benzene rings is 1. The lowest BCUT2D eigenvalue weighted by Gasteiger charge is -2.07. The summed E-state index contributed by atoms with van der Waals surface area (Å²) in [6, 6.07) is 3.81. The van der Waals surface area contributed by atoms with Crippen molar-refractivity contribution < 1.29 is 22.0 Å². The molecule has 0 spiro atoms. The SMILES string of the molecule is CCn1nc(CNc2ccc(F)cc2F)cc1C(F)(F)F. The van der Waals surface area contributed by atoms with E-state index in [1.165, 1.54) is 6.07 Å². The van der Waals surface area contributed by atoms with Gasteiger partial charge in [-0.15, -0.1) is 0 Å². The third-order valence-corrected chi connectivity index (χ3v) is 2.81. The van der Waals surface area contributed by atoms with Crippen LogP contribution in [0.25, 0.3) is 0 Å². The minimum absolute atomic E-state index is 0.00370. The Labute approximate surface area is 117 Å². The number of hydrogen-bond acceptors (Lipinski definition) is 2. The maximum Gasteiger partial charge on any atom is 0.433 e. The average Bonchev–Trinajstić information content (AvgIpc) is 2.81. The summed E-state index contributed by atoms with van der Waals surface area (Å²) >= 11 is 0. The van der Waals surface area contributed by atoms with Crippen molar-refractivity contribution in [2.24, 2.45) is 0 Å². The molecule has 0 unspecified atom stereocenters. The monoisotopic (exact) mass is 305 g/mol. The molecule has 0 aliphatic carbocycles. The predicted molar refractivity (Wildman–Crippen MR) is 66.6 cm³/mol. The van der Waals surface area contributed by atoms with Crippen LogP contribution < -0.4 is 5.32 Å². The maximum absolute atomic E-state index is 13.4. The van der Waals surface area contributed by atoms with Crippen molar-refractivity contribution in [3.05, 3.63) is 47.3 Å². The molecule has 2 aromatic rings. The van der Waals surface area contributed by atoms with Crippen LogP contribution in [0.4, 0.5) is 27.6 Å². The summed E-state index contributed by atoms with van der Waals surface area (Å²) in [5.74, 6) is -1.55. The number of alkyl halides is 3. The molecule has 0 amide bonds. The Hall–Kier alpha value is -2.12. The molecule has 1 aromatic heterocycles. The second-order valence-corrected chi connectivity index (χ2v) is 4.31. The molecule has 0 atom stereocenters. The van der Waals surface area contributed by atoms with E-state index in [4.69, 9.17) is 0 Å². The lowest BCUT2D eigenvalue weighted by molar-refractivity contribution is -0.144. The highest BCUT2D eigenvalue weighted by atomic mass is 19.4. The zero-order valence-electron chi connectivity index (χ0n) is 11.0. The van der Waals surface area contributed by atoms with Gasteiger partial charge in [-0.25, -0.2) is 8.78 Å². The predicted octanol–water partition coefficient (Wildman–Crippen LogP) is 3.81.